The van der Waals surface area contributed by atoms with Gasteiger partial charge in [-0.1, -0.05) is 73.1 Å². The maximum Gasteiger partial charge on any atom is 0.501 e. The number of carbonyl (C=O) groups excluding carboxylic acids is 1. The highest BCUT2D eigenvalue weighted by atomic mass is 35.5. The number of alkyl halides is 3. The zero-order valence-electron chi connectivity index (χ0n) is 37.0. The number of piperidine rings is 1. The van der Waals surface area contributed by atoms with E-state index in [1.54, 1.807) is 12.1 Å². The summed E-state index contributed by atoms with van der Waals surface area (Å²) in [4.78, 5) is 16.6. The quantitative estimate of drug-likeness (QED) is 0.0464. The van der Waals surface area contributed by atoms with E-state index in [-0.39, 0.29) is 17.5 Å². The molecule has 4 N–H and O–H groups in total. The van der Waals surface area contributed by atoms with Gasteiger partial charge in [-0.15, -0.1) is 11.8 Å². The molecule has 2 aliphatic heterocycles. The number of sulfonamides is 1. The summed E-state index contributed by atoms with van der Waals surface area (Å²) >= 11 is 7.58. The molecule has 0 spiro atoms. The monoisotopic (exact) mass is 997 g/mol. The lowest BCUT2D eigenvalue weighted by atomic mass is 9.84. The van der Waals surface area contributed by atoms with Crippen LogP contribution in [0.15, 0.2) is 136 Å². The van der Waals surface area contributed by atoms with Gasteiger partial charge in [0.05, 0.1) is 16.7 Å². The van der Waals surface area contributed by atoms with Crippen LogP contribution in [-0.2, 0) is 19.9 Å². The largest absolute Gasteiger partial charge is 0.501 e. The highest BCUT2D eigenvalue weighted by Crippen LogP contribution is 2.39. The minimum absolute atomic E-state index is 0.0162. The topological polar surface area (TPSA) is 148 Å². The summed E-state index contributed by atoms with van der Waals surface area (Å²) in [6, 6.07) is 32.9. The molecule has 0 aromatic heterocycles. The predicted molar refractivity (Wildman–Crippen MR) is 260 cm³/mol. The van der Waals surface area contributed by atoms with Crippen molar-refractivity contribution >= 4 is 60.5 Å². The summed E-state index contributed by atoms with van der Waals surface area (Å²) in [6.07, 6.45) is 2.96. The summed E-state index contributed by atoms with van der Waals surface area (Å²) < 4.78 is 98.4. The number of thioether (sulfide) groups is 1. The molecule has 0 radical (unpaired) electrons. The minimum atomic E-state index is -6.08. The van der Waals surface area contributed by atoms with Crippen molar-refractivity contribution in [2.45, 2.75) is 77.4 Å². The van der Waals surface area contributed by atoms with Gasteiger partial charge in [0, 0.05) is 65.2 Å². The zero-order valence-corrected chi connectivity index (χ0v) is 40.2. The highest BCUT2D eigenvalue weighted by Gasteiger charge is 2.48. The summed E-state index contributed by atoms with van der Waals surface area (Å²) in [5, 5.41) is 18.5. The summed E-state index contributed by atoms with van der Waals surface area (Å²) in [5.74, 6) is -0.689. The zero-order chi connectivity index (χ0) is 47.8. The Kier molecular flexibility index (Phi) is 16.7. The molecule has 11 nitrogen and oxygen atoms in total. The van der Waals surface area contributed by atoms with E-state index in [9.17, 15) is 39.9 Å². The van der Waals surface area contributed by atoms with Gasteiger partial charge in [-0.3, -0.25) is 9.69 Å². The van der Waals surface area contributed by atoms with Crippen LogP contribution in [0.4, 0.5) is 24.5 Å². The van der Waals surface area contributed by atoms with Gasteiger partial charge in [-0.05, 0) is 135 Å². The van der Waals surface area contributed by atoms with Crippen molar-refractivity contribution < 1.29 is 39.9 Å². The van der Waals surface area contributed by atoms with Crippen LogP contribution in [-0.4, -0.2) is 95.4 Å². The molecule has 5 aromatic carbocycles. The second kappa shape index (κ2) is 22.2. The van der Waals surface area contributed by atoms with Crippen molar-refractivity contribution in [1.29, 1.82) is 0 Å². The van der Waals surface area contributed by atoms with Gasteiger partial charge in [-0.2, -0.15) is 13.2 Å². The number of nitrogens with one attached hydrogen (secondary N) is 3. The number of aliphatic hydroxyl groups is 1. The Morgan fingerprint density at radius 1 is 0.866 bits per heavy atom. The summed E-state index contributed by atoms with van der Waals surface area (Å²) in [6.45, 7) is 6.46. The van der Waals surface area contributed by atoms with Gasteiger partial charge in [-0.25, -0.2) is 21.6 Å². The average molecular weight is 999 g/mol. The van der Waals surface area contributed by atoms with Gasteiger partial charge >= 0.3 is 5.51 Å². The lowest BCUT2D eigenvalue weighted by Gasteiger charge is -2.36. The van der Waals surface area contributed by atoms with E-state index in [0.717, 1.165) is 78.4 Å². The highest BCUT2D eigenvalue weighted by molar-refractivity contribution is 7.99. The Bertz CT molecular complexity index is 2670. The lowest BCUT2D eigenvalue weighted by molar-refractivity contribution is -0.0435. The predicted octanol–water partition coefficient (Wildman–Crippen LogP) is 9.41. The molecule has 2 aliphatic rings. The number of nitrogens with zero attached hydrogens (tertiary/aromatic N) is 2. The lowest BCUT2D eigenvalue weighted by Crippen LogP contribution is -2.39. The first-order chi connectivity index (χ1) is 32.0. The number of benzene rings is 5. The molecule has 67 heavy (non-hydrogen) atoms. The van der Waals surface area contributed by atoms with Crippen molar-refractivity contribution in [2.75, 3.05) is 55.2 Å². The molecule has 0 saturated carbocycles. The van der Waals surface area contributed by atoms with Crippen LogP contribution >= 0.6 is 23.4 Å². The molecule has 2 saturated heterocycles. The van der Waals surface area contributed by atoms with E-state index in [4.69, 9.17) is 11.6 Å². The average Bonchev–Trinajstić information content (AvgIpc) is 3.77. The molecule has 0 bridgehead atoms. The van der Waals surface area contributed by atoms with Crippen molar-refractivity contribution in [3.05, 3.63) is 137 Å². The third kappa shape index (κ3) is 12.5. The molecule has 18 heteroatoms. The molecule has 3 atom stereocenters. The van der Waals surface area contributed by atoms with Crippen molar-refractivity contribution in [2.24, 2.45) is 5.92 Å². The van der Waals surface area contributed by atoms with Crippen LogP contribution in [0.2, 0.25) is 5.02 Å². The second-order valence-electron chi connectivity index (χ2n) is 16.8. The number of halogens is 4. The number of likely N-dealkylation sites (tertiary alicyclic amines) is 1. The SMILES string of the molecule is CCNCCN1CCC[C@H]1C[C@H](CSc1ccccc1)Nc1ccc(S(=O)(=O)NC(=O)c2ccc(N3CCC([C@@H](O)c4ccccc4-c4ccc(Cl)cc4)CC3)cc2)cc1S(=O)(=O)C(F)(F)F. The Morgan fingerprint density at radius 3 is 2.24 bits per heavy atom. The maximum absolute atomic E-state index is 14.3. The molecular weight excluding hydrogens is 943 g/mol. The number of hydrogen-bond acceptors (Lipinski definition) is 11. The number of anilines is 2. The number of carbonyl (C=O) groups is 1. The molecule has 0 aliphatic carbocycles. The second-order valence-corrected chi connectivity index (χ2v) is 22.0. The van der Waals surface area contributed by atoms with E-state index in [2.05, 4.69) is 20.4 Å². The molecule has 1 amide bonds. The number of rotatable bonds is 19. The first-order valence-electron chi connectivity index (χ1n) is 22.3. The Balaban J connectivity index is 1.04. The first kappa shape index (κ1) is 50.3. The Labute approximate surface area is 400 Å². The van der Waals surface area contributed by atoms with E-state index in [1.807, 2.05) is 90.5 Å². The molecule has 7 rings (SSSR count). The molecule has 2 fully saturated rings. The fourth-order valence-corrected chi connectivity index (χ4v) is 12.0. The Morgan fingerprint density at radius 2 is 1.55 bits per heavy atom. The van der Waals surface area contributed by atoms with Crippen molar-refractivity contribution in [3.8, 4) is 11.1 Å². The minimum Gasteiger partial charge on any atom is -0.388 e. The number of hydrogen-bond donors (Lipinski definition) is 4. The van der Waals surface area contributed by atoms with E-state index >= 15 is 0 Å². The number of sulfone groups is 1. The number of likely N-dealkylation sites (N-methyl/N-ethyl adjacent to an activating group) is 1. The van der Waals surface area contributed by atoms with Gasteiger partial charge in [0.25, 0.3) is 25.8 Å². The normalized spacial score (nSPS) is 17.3. The third-order valence-electron chi connectivity index (χ3n) is 12.4. The van der Waals surface area contributed by atoms with Crippen LogP contribution in [0.25, 0.3) is 11.1 Å². The summed E-state index contributed by atoms with van der Waals surface area (Å²) in [7, 11) is -10.9. The van der Waals surface area contributed by atoms with Crippen molar-refractivity contribution in [1.82, 2.24) is 14.9 Å². The van der Waals surface area contributed by atoms with E-state index < -0.39 is 58.9 Å². The molecule has 5 aromatic rings. The molecule has 358 valence electrons. The first-order valence-corrected chi connectivity index (χ1v) is 26.7. The van der Waals surface area contributed by atoms with Gasteiger partial charge < -0.3 is 20.6 Å². The maximum atomic E-state index is 14.3. The van der Waals surface area contributed by atoms with E-state index in [1.165, 1.54) is 23.9 Å². The molecule has 0 unspecified atom stereocenters. The number of aliphatic hydroxyl groups excluding tert-OH is 1. The fourth-order valence-electron chi connectivity index (χ4n) is 8.86. The van der Waals surface area contributed by atoms with Crippen LogP contribution in [0.5, 0.6) is 0 Å². The number of amides is 1. The molecule has 2 heterocycles. The summed E-state index contributed by atoms with van der Waals surface area (Å²) in [5.41, 5.74) is -2.70. The third-order valence-corrected chi connectivity index (χ3v) is 16.7. The van der Waals surface area contributed by atoms with Crippen LogP contribution in [0, 0.1) is 5.92 Å². The molecular formula is C49H55ClF3N5O6S3. The Hall–Kier alpha value is -4.62. The van der Waals surface area contributed by atoms with Crippen molar-refractivity contribution in [3.63, 3.8) is 0 Å². The standard InChI is InChI=1S/C49H55ClF3N5O6S3/c1-2-54-26-30-57-27-8-9-40(57)31-38(33-65-41-10-4-3-5-11-41)55-45-23-22-42(32-46(45)66(61,62)49(51,52)53)67(63,64)56-48(60)36-16-20-39(21-17-36)58-28-24-35(25-29-58)47(59)44-13-7-6-12-43(44)34-14-18-37(50)19-15-34/h3-7,10-23,32,35,38,40,47,54-55,59H,2,8-9,24-31,33H2,1H3,(H,56,60)/t38-,40+,47-/m1/s1. The van der Waals surface area contributed by atoms with Crippen LogP contribution < -0.4 is 20.3 Å². The van der Waals surface area contributed by atoms with Crippen LogP contribution in [0.1, 0.15) is 61.1 Å². The van der Waals surface area contributed by atoms with Crippen LogP contribution in [0.3, 0.4) is 0 Å². The van der Waals surface area contributed by atoms with E-state index in [0.29, 0.717) is 49.2 Å². The van der Waals surface area contributed by atoms with Gasteiger partial charge in [0.2, 0.25) is 0 Å². The van der Waals surface area contributed by atoms with Gasteiger partial charge in [0.1, 0.15) is 4.90 Å². The smallest absolute Gasteiger partial charge is 0.388 e. The fraction of sp³-hybridized carbons (Fsp3) is 0.367. The van der Waals surface area contributed by atoms with Gasteiger partial charge in [0.15, 0.2) is 0 Å².